The van der Waals surface area contributed by atoms with Crippen molar-refractivity contribution in [3.05, 3.63) is 46.2 Å². The third kappa shape index (κ3) is 4.22. The normalized spacial score (nSPS) is 12.1. The van der Waals surface area contributed by atoms with Crippen LogP contribution in [0.15, 0.2) is 35.7 Å². The van der Waals surface area contributed by atoms with Gasteiger partial charge in [0.25, 0.3) is 0 Å². The summed E-state index contributed by atoms with van der Waals surface area (Å²) in [7, 11) is 1.65. The molecule has 114 valence electrons. The summed E-state index contributed by atoms with van der Waals surface area (Å²) in [6, 6.07) is 9.84. The van der Waals surface area contributed by atoms with E-state index in [0.29, 0.717) is 13.0 Å². The van der Waals surface area contributed by atoms with Gasteiger partial charge in [0.05, 0.1) is 19.8 Å². The molecule has 2 aromatic rings. The monoisotopic (exact) mass is 306 g/mol. The van der Waals surface area contributed by atoms with E-state index in [1.807, 2.05) is 35.7 Å². The van der Waals surface area contributed by atoms with Gasteiger partial charge in [-0.2, -0.15) is 0 Å². The molecule has 2 rings (SSSR count). The lowest BCUT2D eigenvalue weighted by Crippen LogP contribution is -2.03. The van der Waals surface area contributed by atoms with E-state index in [9.17, 15) is 5.11 Å². The maximum atomic E-state index is 10.2. The van der Waals surface area contributed by atoms with Crippen molar-refractivity contribution in [3.8, 4) is 11.5 Å². The molecule has 1 aromatic heterocycles. The summed E-state index contributed by atoms with van der Waals surface area (Å²) < 4.78 is 11.2. The number of aliphatic hydroxyl groups excluding tert-OH is 1. The molecule has 1 aromatic carbocycles. The van der Waals surface area contributed by atoms with E-state index in [1.54, 1.807) is 18.4 Å². The third-order valence-electron chi connectivity index (χ3n) is 3.29. The fraction of sp³-hybridized carbons (Fsp3) is 0.412. The number of benzene rings is 1. The second-order valence-electron chi connectivity index (χ2n) is 4.87. The van der Waals surface area contributed by atoms with Crippen molar-refractivity contribution in [1.82, 2.24) is 0 Å². The number of methoxy groups -OCH3 is 1. The molecule has 0 spiro atoms. The number of thiophene rings is 1. The fourth-order valence-corrected chi connectivity index (χ4v) is 2.95. The minimum absolute atomic E-state index is 0.421. The third-order valence-corrected chi connectivity index (χ3v) is 4.26. The first-order valence-corrected chi connectivity index (χ1v) is 8.14. The Morgan fingerprint density at radius 3 is 2.76 bits per heavy atom. The summed E-state index contributed by atoms with van der Waals surface area (Å²) in [5.74, 6) is 1.56. The number of hydrogen-bond donors (Lipinski definition) is 1. The lowest BCUT2D eigenvalue weighted by Gasteiger charge is -2.15. The smallest absolute Gasteiger partial charge is 0.164 e. The van der Waals surface area contributed by atoms with E-state index in [4.69, 9.17) is 9.47 Å². The molecule has 0 fully saturated rings. The molecule has 0 radical (unpaired) electrons. The van der Waals surface area contributed by atoms with Crippen LogP contribution in [0.4, 0.5) is 0 Å². The van der Waals surface area contributed by atoms with E-state index < -0.39 is 6.10 Å². The van der Waals surface area contributed by atoms with Gasteiger partial charge in [-0.25, -0.2) is 0 Å². The standard InChI is InChI=1S/C17H22O3S/c1-3-11-20-17-13(6-4-7-15(17)19-2)9-10-14(18)16-8-5-12-21-16/h4-8,12,14,18H,3,9-11H2,1-2H3. The number of aliphatic hydroxyl groups is 1. The topological polar surface area (TPSA) is 38.7 Å². The Morgan fingerprint density at radius 1 is 1.24 bits per heavy atom. The number of ether oxygens (including phenoxy) is 2. The fourth-order valence-electron chi connectivity index (χ4n) is 2.20. The van der Waals surface area contributed by atoms with Gasteiger partial charge in [0.1, 0.15) is 0 Å². The van der Waals surface area contributed by atoms with Crippen LogP contribution in [0, 0.1) is 0 Å². The van der Waals surface area contributed by atoms with Crippen LogP contribution in [0.1, 0.15) is 36.3 Å². The molecule has 1 heterocycles. The largest absolute Gasteiger partial charge is 0.493 e. The van der Waals surface area contributed by atoms with Crippen molar-refractivity contribution in [2.45, 2.75) is 32.3 Å². The Hall–Kier alpha value is -1.52. The zero-order chi connectivity index (χ0) is 15.1. The first-order chi connectivity index (χ1) is 10.3. The van der Waals surface area contributed by atoms with Gasteiger partial charge < -0.3 is 14.6 Å². The van der Waals surface area contributed by atoms with Gasteiger partial charge in [0.15, 0.2) is 11.5 Å². The predicted octanol–water partition coefficient (Wildman–Crippen LogP) is 4.21. The van der Waals surface area contributed by atoms with Crippen LogP contribution in [0.5, 0.6) is 11.5 Å². The van der Waals surface area contributed by atoms with Gasteiger partial charge in [-0.1, -0.05) is 25.1 Å². The van der Waals surface area contributed by atoms with Crippen molar-refractivity contribution in [3.63, 3.8) is 0 Å². The van der Waals surface area contributed by atoms with Gasteiger partial charge in [0.2, 0.25) is 0 Å². The average molecular weight is 306 g/mol. The van der Waals surface area contributed by atoms with Crippen molar-refractivity contribution in [1.29, 1.82) is 0 Å². The van der Waals surface area contributed by atoms with Gasteiger partial charge in [-0.3, -0.25) is 0 Å². The molecule has 4 heteroatoms. The Kier molecular flexibility index (Phi) is 6.08. The van der Waals surface area contributed by atoms with Crippen LogP contribution in [-0.2, 0) is 6.42 Å². The maximum Gasteiger partial charge on any atom is 0.164 e. The molecule has 3 nitrogen and oxygen atoms in total. The SMILES string of the molecule is CCCOc1c(CCC(O)c2cccs2)cccc1OC. The van der Waals surface area contributed by atoms with E-state index in [1.165, 1.54) is 0 Å². The molecular formula is C17H22O3S. The van der Waals surface area contributed by atoms with Crippen molar-refractivity contribution < 1.29 is 14.6 Å². The Labute approximate surface area is 130 Å². The number of rotatable bonds is 8. The average Bonchev–Trinajstić information content (AvgIpc) is 3.05. The van der Waals surface area contributed by atoms with Gasteiger partial charge in [-0.15, -0.1) is 11.3 Å². The van der Waals surface area contributed by atoms with Crippen LogP contribution in [0.25, 0.3) is 0 Å². The van der Waals surface area contributed by atoms with Gasteiger partial charge >= 0.3 is 0 Å². The molecule has 0 amide bonds. The molecule has 0 aliphatic carbocycles. The van der Waals surface area contributed by atoms with Crippen LogP contribution >= 0.6 is 11.3 Å². The summed E-state index contributed by atoms with van der Waals surface area (Å²) >= 11 is 1.59. The van der Waals surface area contributed by atoms with Crippen molar-refractivity contribution >= 4 is 11.3 Å². The highest BCUT2D eigenvalue weighted by atomic mass is 32.1. The lowest BCUT2D eigenvalue weighted by molar-refractivity contribution is 0.171. The van der Waals surface area contributed by atoms with Crippen molar-refractivity contribution in [2.75, 3.05) is 13.7 Å². The highest BCUT2D eigenvalue weighted by Crippen LogP contribution is 2.33. The molecule has 21 heavy (non-hydrogen) atoms. The zero-order valence-electron chi connectivity index (χ0n) is 12.5. The molecule has 1 unspecified atom stereocenters. The van der Waals surface area contributed by atoms with Crippen LogP contribution in [0.2, 0.25) is 0 Å². The van der Waals surface area contributed by atoms with E-state index in [-0.39, 0.29) is 0 Å². The predicted molar refractivity (Wildman–Crippen MR) is 86.4 cm³/mol. The summed E-state index contributed by atoms with van der Waals surface area (Å²) in [6.07, 6.45) is 1.97. The number of aryl methyl sites for hydroxylation is 1. The first kappa shape index (κ1) is 15.9. The first-order valence-electron chi connectivity index (χ1n) is 7.26. The lowest BCUT2D eigenvalue weighted by atomic mass is 10.0. The summed E-state index contributed by atoms with van der Waals surface area (Å²) in [6.45, 7) is 2.75. The molecule has 0 aliphatic heterocycles. The zero-order valence-corrected chi connectivity index (χ0v) is 13.4. The minimum atomic E-state index is -0.421. The highest BCUT2D eigenvalue weighted by molar-refractivity contribution is 7.10. The summed E-state index contributed by atoms with van der Waals surface area (Å²) in [5.41, 5.74) is 1.08. The van der Waals surface area contributed by atoms with E-state index in [2.05, 4.69) is 6.92 Å². The van der Waals surface area contributed by atoms with Crippen LogP contribution < -0.4 is 9.47 Å². The minimum Gasteiger partial charge on any atom is -0.493 e. The highest BCUT2D eigenvalue weighted by Gasteiger charge is 2.14. The summed E-state index contributed by atoms with van der Waals surface area (Å²) in [5, 5.41) is 12.2. The Balaban J connectivity index is 2.07. The Morgan fingerprint density at radius 2 is 2.10 bits per heavy atom. The molecular weight excluding hydrogens is 284 g/mol. The number of hydrogen-bond acceptors (Lipinski definition) is 4. The van der Waals surface area contributed by atoms with E-state index >= 15 is 0 Å². The molecule has 1 atom stereocenters. The molecule has 0 bridgehead atoms. The van der Waals surface area contributed by atoms with Crippen LogP contribution in [0.3, 0.4) is 0 Å². The maximum absolute atomic E-state index is 10.2. The second kappa shape index (κ2) is 8.05. The molecule has 0 saturated heterocycles. The van der Waals surface area contributed by atoms with Gasteiger partial charge in [0, 0.05) is 4.88 Å². The number of para-hydroxylation sites is 1. The second-order valence-corrected chi connectivity index (χ2v) is 5.85. The van der Waals surface area contributed by atoms with Crippen molar-refractivity contribution in [2.24, 2.45) is 0 Å². The Bertz CT molecular complexity index is 537. The molecule has 1 N–H and O–H groups in total. The summed E-state index contributed by atoms with van der Waals surface area (Å²) in [4.78, 5) is 1.01. The van der Waals surface area contributed by atoms with E-state index in [0.717, 1.165) is 34.8 Å². The van der Waals surface area contributed by atoms with Crippen LogP contribution in [-0.4, -0.2) is 18.8 Å². The molecule has 0 saturated carbocycles. The molecule has 0 aliphatic rings. The quantitative estimate of drug-likeness (QED) is 0.794. The van der Waals surface area contributed by atoms with Gasteiger partial charge in [-0.05, 0) is 42.3 Å².